The van der Waals surface area contributed by atoms with Crippen LogP contribution in [0.5, 0.6) is 0 Å². The highest BCUT2D eigenvalue weighted by Gasteiger charge is 2.36. The summed E-state index contributed by atoms with van der Waals surface area (Å²) >= 11 is 0. The molecule has 0 radical (unpaired) electrons. The molecule has 0 heterocycles. The molecule has 0 unspecified atom stereocenters. The van der Waals surface area contributed by atoms with E-state index in [1.54, 1.807) is 0 Å². The van der Waals surface area contributed by atoms with Crippen LogP contribution in [0.1, 0.15) is 11.1 Å². The van der Waals surface area contributed by atoms with Gasteiger partial charge in [-0.25, -0.2) is 8.42 Å². The molecule has 0 aromatic heterocycles. The molecule has 0 spiro atoms. The minimum Gasteiger partial charge on any atom is -0.741 e. The zero-order chi connectivity index (χ0) is 15.4. The Kier molecular flexibility index (Phi) is 6.37. The quantitative estimate of drug-likeness (QED) is 0.454. The first-order chi connectivity index (χ1) is 8.34. The van der Waals surface area contributed by atoms with E-state index >= 15 is 0 Å². The smallest absolute Gasteiger partial charge is 0.485 e. The van der Waals surface area contributed by atoms with E-state index in [9.17, 15) is 13.2 Å². The largest absolute Gasteiger partial charge is 0.741 e. The normalized spacial score (nSPS) is 12.1. The van der Waals surface area contributed by atoms with Crippen LogP contribution < -0.4 is 0 Å². The van der Waals surface area contributed by atoms with Crippen molar-refractivity contribution in [2.24, 2.45) is 0 Å². The molecule has 0 amide bonds. The molecule has 0 bridgehead atoms. The lowest BCUT2D eigenvalue weighted by Crippen LogP contribution is -2.21. The molecule has 1 aromatic carbocycles. The maximum atomic E-state index is 10.7. The van der Waals surface area contributed by atoms with Crippen molar-refractivity contribution >= 4 is 21.0 Å². The molecule has 8 heteroatoms. The molecule has 1 rings (SSSR count). The van der Waals surface area contributed by atoms with Gasteiger partial charge in [0.05, 0.1) is 0 Å². The van der Waals surface area contributed by atoms with Gasteiger partial charge in [-0.2, -0.15) is 13.2 Å². The number of alkyl halides is 3. The third kappa shape index (κ3) is 6.84. The first-order valence-corrected chi connectivity index (χ1v) is 8.47. The highest BCUT2D eigenvalue weighted by Crippen LogP contribution is 2.20. The molecule has 19 heavy (non-hydrogen) atoms. The van der Waals surface area contributed by atoms with Crippen molar-refractivity contribution in [3.63, 3.8) is 0 Å². The first-order valence-electron chi connectivity index (χ1n) is 5.02. The Balaban J connectivity index is 0.000000362. The van der Waals surface area contributed by atoms with E-state index in [0.29, 0.717) is 10.9 Å². The summed E-state index contributed by atoms with van der Waals surface area (Å²) in [5.41, 5.74) is -2.89. The topological polar surface area (TPSA) is 57.2 Å². The van der Waals surface area contributed by atoms with Gasteiger partial charge in [-0.1, -0.05) is 6.07 Å². The molecule has 0 saturated carbocycles. The lowest BCUT2D eigenvalue weighted by Gasteiger charge is -2.08. The predicted octanol–water partition coefficient (Wildman–Crippen LogP) is 2.59. The second kappa shape index (κ2) is 6.62. The number of hydrogen-bond donors (Lipinski definition) is 0. The van der Waals surface area contributed by atoms with Crippen molar-refractivity contribution in [1.82, 2.24) is 0 Å². The second-order valence-corrected chi connectivity index (χ2v) is 7.52. The van der Waals surface area contributed by atoms with Gasteiger partial charge in [0.1, 0.15) is 12.5 Å². The van der Waals surface area contributed by atoms with Crippen molar-refractivity contribution in [3.8, 4) is 0 Å². The Morgan fingerprint density at radius 3 is 1.58 bits per heavy atom. The lowest BCUT2D eigenvalue weighted by atomic mass is 10.2. The summed E-state index contributed by atoms with van der Waals surface area (Å²) in [6.07, 6.45) is 4.52. The molecular weight excluding hydrogens is 301 g/mol. The zero-order valence-corrected chi connectivity index (χ0v) is 12.5. The van der Waals surface area contributed by atoms with Crippen molar-refractivity contribution < 1.29 is 26.1 Å². The lowest BCUT2D eigenvalue weighted by molar-refractivity contribution is -0.0517. The molecule has 110 valence electrons. The number of rotatable bonds is 1. The van der Waals surface area contributed by atoms with E-state index in [-0.39, 0.29) is 0 Å². The molecule has 0 saturated heterocycles. The van der Waals surface area contributed by atoms with Gasteiger partial charge in [0.25, 0.3) is 0 Å². The molecule has 0 atom stereocenters. The predicted molar refractivity (Wildman–Crippen MR) is 69.1 cm³/mol. The minimum absolute atomic E-state index is 0.400. The van der Waals surface area contributed by atoms with Crippen LogP contribution >= 0.6 is 0 Å². The monoisotopic (exact) mass is 316 g/mol. The van der Waals surface area contributed by atoms with Gasteiger partial charge in [0.2, 0.25) is 0 Å². The Labute approximate surface area is 113 Å². The summed E-state index contributed by atoms with van der Waals surface area (Å²) in [7, 11) is -5.69. The molecule has 0 aliphatic heterocycles. The van der Waals surface area contributed by atoms with Crippen LogP contribution in [0.25, 0.3) is 0 Å². The number of hydrogen-bond acceptors (Lipinski definition) is 3. The molecule has 0 aliphatic carbocycles. The molecule has 0 N–H and O–H groups in total. The summed E-state index contributed by atoms with van der Waals surface area (Å²) in [5, 5.41) is 0. The Hall–Kier alpha value is -0.730. The van der Waals surface area contributed by atoms with E-state index in [0.717, 1.165) is 0 Å². The van der Waals surface area contributed by atoms with Gasteiger partial charge in [0, 0.05) is 10.9 Å². The number of aryl methyl sites for hydroxylation is 2. The fourth-order valence-corrected chi connectivity index (χ4v) is 2.01. The van der Waals surface area contributed by atoms with E-state index in [1.807, 2.05) is 0 Å². The summed E-state index contributed by atoms with van der Waals surface area (Å²) < 4.78 is 58.9. The van der Waals surface area contributed by atoms with Gasteiger partial charge in [-0.3, -0.25) is 0 Å². The third-order valence-electron chi connectivity index (χ3n) is 1.95. The van der Waals surface area contributed by atoms with E-state index in [2.05, 4.69) is 44.6 Å². The van der Waals surface area contributed by atoms with Crippen LogP contribution in [0.2, 0.25) is 0 Å². The molecule has 0 fully saturated rings. The van der Waals surface area contributed by atoms with Crippen molar-refractivity contribution in [1.29, 1.82) is 0 Å². The van der Waals surface area contributed by atoms with Crippen molar-refractivity contribution in [3.05, 3.63) is 29.3 Å². The van der Waals surface area contributed by atoms with Gasteiger partial charge in [-0.05, 0) is 37.1 Å². The highest BCUT2D eigenvalue weighted by molar-refractivity contribution is 7.95. The van der Waals surface area contributed by atoms with Gasteiger partial charge in [0.15, 0.2) is 15.0 Å². The van der Waals surface area contributed by atoms with Gasteiger partial charge >= 0.3 is 5.51 Å². The Morgan fingerprint density at radius 2 is 1.37 bits per heavy atom. The highest BCUT2D eigenvalue weighted by atomic mass is 32.2. The second-order valence-electron chi connectivity index (χ2n) is 4.04. The van der Waals surface area contributed by atoms with Crippen molar-refractivity contribution in [2.45, 2.75) is 24.3 Å². The third-order valence-corrected chi connectivity index (χ3v) is 3.70. The fourth-order valence-electron chi connectivity index (χ4n) is 1.17. The minimum atomic E-state index is -6.09. The van der Waals surface area contributed by atoms with Crippen LogP contribution in [-0.2, 0) is 21.0 Å². The fraction of sp³-hybridized carbons (Fsp3) is 0.455. The van der Waals surface area contributed by atoms with Gasteiger partial charge < -0.3 is 4.55 Å². The summed E-state index contributed by atoms with van der Waals surface area (Å²) in [6, 6.07) is 6.77. The van der Waals surface area contributed by atoms with E-state index in [1.165, 1.54) is 16.0 Å². The zero-order valence-electron chi connectivity index (χ0n) is 10.9. The van der Waals surface area contributed by atoms with Crippen LogP contribution in [0.3, 0.4) is 0 Å². The number of benzene rings is 1. The molecule has 1 aromatic rings. The summed E-state index contributed by atoms with van der Waals surface area (Å²) in [6.45, 7) is 4.31. The van der Waals surface area contributed by atoms with Gasteiger partial charge in [-0.15, -0.1) is 0 Å². The van der Waals surface area contributed by atoms with Crippen LogP contribution in [0, 0.1) is 13.8 Å². The first kappa shape index (κ1) is 18.3. The van der Waals surface area contributed by atoms with E-state index in [4.69, 9.17) is 13.0 Å². The van der Waals surface area contributed by atoms with Crippen LogP contribution in [0.4, 0.5) is 13.2 Å². The Bertz CT molecular complexity index is 502. The van der Waals surface area contributed by atoms with E-state index < -0.39 is 15.6 Å². The maximum Gasteiger partial charge on any atom is 0.485 e. The molecular formula is C11H15F3O3S2. The van der Waals surface area contributed by atoms with Crippen LogP contribution in [-0.4, -0.2) is 31.0 Å². The summed E-state index contributed by atoms with van der Waals surface area (Å²) in [5.74, 6) is 0. The molecule has 3 nitrogen and oxygen atoms in total. The maximum absolute atomic E-state index is 10.7. The van der Waals surface area contributed by atoms with Crippen molar-refractivity contribution in [2.75, 3.05) is 12.5 Å². The standard InChI is InChI=1S/C10H15S.CHF3O3S/c1-8-5-9(2)7-10(6-8)11(3)4;2-1(3,4)8(5,6)7/h5-7H,1-4H3;(H,5,6,7)/q+1;/p-1. The average Bonchev–Trinajstić information content (AvgIpc) is 2.13. The number of halogens is 3. The summed E-state index contributed by atoms with van der Waals surface area (Å²) in [4.78, 5) is 1.47. The van der Waals surface area contributed by atoms with Crippen LogP contribution in [0.15, 0.2) is 23.1 Å². The average molecular weight is 316 g/mol. The Morgan fingerprint density at radius 1 is 1.05 bits per heavy atom. The molecule has 0 aliphatic rings. The SMILES string of the molecule is Cc1cc(C)cc([S+](C)C)c1.O=S(=O)([O-])C(F)(F)F.